The third-order valence-corrected chi connectivity index (χ3v) is 6.40. The maximum absolute atomic E-state index is 8.38. The van der Waals surface area contributed by atoms with Crippen molar-refractivity contribution in [3.63, 3.8) is 0 Å². The average molecular weight is 474 g/mol. The molecule has 8 heteroatoms. The van der Waals surface area contributed by atoms with Crippen LogP contribution in [-0.4, -0.2) is 10.9 Å². The first-order chi connectivity index (χ1) is 13.9. The predicted molar refractivity (Wildman–Crippen MR) is 119 cm³/mol. The molecule has 0 saturated carbocycles. The van der Waals surface area contributed by atoms with Crippen molar-refractivity contribution in [1.29, 1.82) is 0 Å². The highest BCUT2D eigenvalue weighted by atomic mass is 35.5. The number of anilines is 1. The first kappa shape index (κ1) is 18.7. The van der Waals surface area contributed by atoms with Crippen LogP contribution in [0, 0.1) is 0 Å². The van der Waals surface area contributed by atoms with Crippen LogP contribution in [0.4, 0.5) is 5.69 Å². The van der Waals surface area contributed by atoms with Crippen molar-refractivity contribution in [2.75, 3.05) is 12.0 Å². The van der Waals surface area contributed by atoms with E-state index in [0.717, 1.165) is 16.1 Å². The summed E-state index contributed by atoms with van der Waals surface area (Å²) >= 11 is 25.8. The number of rotatable bonds is 4. The predicted octanol–water partition coefficient (Wildman–Crippen LogP) is 7.98. The minimum absolute atomic E-state index is 0.434. The van der Waals surface area contributed by atoms with Crippen molar-refractivity contribution in [1.82, 2.24) is 4.31 Å². The summed E-state index contributed by atoms with van der Waals surface area (Å²) < 4.78 is 16.2. The van der Waals surface area contributed by atoms with Crippen LogP contribution in [0.2, 0.25) is 20.1 Å². The Morgan fingerprint density at radius 1 is 0.964 bits per heavy atom. The second-order valence-electron chi connectivity index (χ2n) is 6.03. The summed E-state index contributed by atoms with van der Waals surface area (Å²) in [4.78, 5) is 0.850. The topological polar surface area (TPSA) is 24.5 Å². The van der Waals surface area contributed by atoms with Crippen molar-refractivity contribution < 1.29 is 6.11 Å². The van der Waals surface area contributed by atoms with Gasteiger partial charge in [-0.1, -0.05) is 58.5 Å². The summed E-state index contributed by atoms with van der Waals surface area (Å²) in [7, 11) is 0. The fourth-order valence-electron chi connectivity index (χ4n) is 2.69. The van der Waals surface area contributed by atoms with Gasteiger partial charge in [-0.3, -0.25) is 0 Å². The molecular weight excluding hydrogens is 458 g/mol. The lowest BCUT2D eigenvalue weighted by Gasteiger charge is -2.29. The van der Waals surface area contributed by atoms with Gasteiger partial charge in [0, 0.05) is 17.6 Å². The fourth-order valence-corrected chi connectivity index (χ4v) is 4.49. The molecule has 0 aromatic heterocycles. The number of nitrogens with one attached hydrogen (secondary N) is 1. The highest BCUT2D eigenvalue weighted by Crippen LogP contribution is 2.42. The molecule has 1 atom stereocenters. The van der Waals surface area contributed by atoms with Gasteiger partial charge in [-0.05, 0) is 53.9 Å². The van der Waals surface area contributed by atoms with E-state index in [-0.39, 0.29) is 0 Å². The number of nitrogens with zero attached hydrogens (tertiary/aromatic N) is 1. The molecule has 28 heavy (non-hydrogen) atoms. The standard InChI is InChI=1S/C20H14Cl4N2OS/c21-13-7-18(24)20-19(8-13)25-11-26(28-20)10-12-2-1-3-14(6-12)27-15-4-5-16(22)17(23)9-15/h1-9,25H,10-11H2/i11T. The van der Waals surface area contributed by atoms with Gasteiger partial charge < -0.3 is 10.1 Å². The lowest BCUT2D eigenvalue weighted by Crippen LogP contribution is -2.26. The van der Waals surface area contributed by atoms with Gasteiger partial charge in [0.2, 0.25) is 0 Å². The molecule has 0 aliphatic carbocycles. The summed E-state index contributed by atoms with van der Waals surface area (Å²) in [6, 6.07) is 16.3. The van der Waals surface area contributed by atoms with Crippen LogP contribution in [0.15, 0.2) is 59.5 Å². The second-order valence-corrected chi connectivity index (χ2v) is 8.75. The number of halogens is 4. The van der Waals surface area contributed by atoms with Crippen LogP contribution in [0.3, 0.4) is 0 Å². The van der Waals surface area contributed by atoms with Crippen LogP contribution in [0.25, 0.3) is 0 Å². The summed E-state index contributed by atoms with van der Waals surface area (Å²) in [6.07, 6.45) is 0. The highest BCUT2D eigenvalue weighted by Gasteiger charge is 2.20. The van der Waals surface area contributed by atoms with Gasteiger partial charge in [0.1, 0.15) is 11.5 Å². The lowest BCUT2D eigenvalue weighted by atomic mass is 10.2. The van der Waals surface area contributed by atoms with E-state index in [1.165, 1.54) is 11.9 Å². The second kappa shape index (κ2) is 8.62. The first-order valence-corrected chi connectivity index (χ1v) is 10.5. The highest BCUT2D eigenvalue weighted by molar-refractivity contribution is 7.97. The van der Waals surface area contributed by atoms with Gasteiger partial charge in [-0.25, -0.2) is 4.31 Å². The number of hydrogen-bond donors (Lipinski definition) is 1. The van der Waals surface area contributed by atoms with Crippen molar-refractivity contribution >= 4 is 64.0 Å². The van der Waals surface area contributed by atoms with E-state index in [1.54, 1.807) is 30.3 Å². The molecule has 1 aliphatic heterocycles. The molecule has 1 heterocycles. The zero-order valence-electron chi connectivity index (χ0n) is 15.3. The van der Waals surface area contributed by atoms with Crippen molar-refractivity contribution in [3.8, 4) is 11.5 Å². The Labute approximate surface area is 189 Å². The largest absolute Gasteiger partial charge is 0.457 e. The Bertz CT molecular complexity index is 1070. The maximum Gasteiger partial charge on any atom is 0.129 e. The third kappa shape index (κ3) is 4.65. The molecule has 0 amide bonds. The molecule has 1 N–H and O–H groups in total. The van der Waals surface area contributed by atoms with Crippen LogP contribution in [0.5, 0.6) is 11.5 Å². The Morgan fingerprint density at radius 3 is 2.61 bits per heavy atom. The van der Waals surface area contributed by atoms with E-state index in [0.29, 0.717) is 38.1 Å². The third-order valence-electron chi connectivity index (χ3n) is 3.94. The van der Waals surface area contributed by atoms with E-state index in [9.17, 15) is 0 Å². The van der Waals surface area contributed by atoms with E-state index in [4.69, 9.17) is 52.5 Å². The molecule has 1 aliphatic rings. The molecule has 0 radical (unpaired) electrons. The van der Waals surface area contributed by atoms with Crippen molar-refractivity contribution in [3.05, 3.63) is 80.3 Å². The maximum atomic E-state index is 8.38. The molecule has 4 rings (SSSR count). The Kier molecular flexibility index (Phi) is 5.77. The van der Waals surface area contributed by atoms with Gasteiger partial charge in [-0.15, -0.1) is 0 Å². The normalized spacial score (nSPS) is 16.9. The average Bonchev–Trinajstić information content (AvgIpc) is 2.66. The van der Waals surface area contributed by atoms with Gasteiger partial charge in [0.15, 0.2) is 0 Å². The van der Waals surface area contributed by atoms with Gasteiger partial charge >= 0.3 is 0 Å². The Hall–Kier alpha value is -1.27. The van der Waals surface area contributed by atoms with Crippen LogP contribution in [0.1, 0.15) is 6.93 Å². The molecule has 0 bridgehead atoms. The summed E-state index contributed by atoms with van der Waals surface area (Å²) in [6.45, 7) is -0.135. The summed E-state index contributed by atoms with van der Waals surface area (Å²) in [5.74, 6) is 1.27. The van der Waals surface area contributed by atoms with E-state index < -0.39 is 6.64 Å². The van der Waals surface area contributed by atoms with Gasteiger partial charge in [0.25, 0.3) is 0 Å². The zero-order valence-corrected chi connectivity index (χ0v) is 18.1. The number of ether oxygens (including phenoxy) is 1. The lowest BCUT2D eigenvalue weighted by molar-refractivity contribution is 0.473. The molecule has 0 fully saturated rings. The molecule has 3 aromatic carbocycles. The SMILES string of the molecule is [3H]C1Nc2cc(Cl)cc(Cl)c2SN1Cc1cccc(Oc2ccc(Cl)c(Cl)c2)c1. The van der Waals surface area contributed by atoms with E-state index in [2.05, 4.69) is 5.32 Å². The first-order valence-electron chi connectivity index (χ1n) is 8.81. The zero-order chi connectivity index (χ0) is 20.5. The van der Waals surface area contributed by atoms with E-state index >= 15 is 0 Å². The number of fused-ring (bicyclic) bond motifs is 1. The number of hydrogen-bond acceptors (Lipinski definition) is 4. The van der Waals surface area contributed by atoms with Gasteiger partial charge in [0.05, 0.1) is 33.7 Å². The minimum atomic E-state index is -0.651. The number of benzene rings is 3. The van der Waals surface area contributed by atoms with Crippen LogP contribution < -0.4 is 10.1 Å². The molecule has 0 spiro atoms. The molecule has 0 saturated heterocycles. The smallest absolute Gasteiger partial charge is 0.129 e. The molecule has 144 valence electrons. The molecular formula is C20H14Cl4N2OS. The Morgan fingerprint density at radius 2 is 1.79 bits per heavy atom. The monoisotopic (exact) mass is 472 g/mol. The molecule has 3 aromatic rings. The van der Waals surface area contributed by atoms with Crippen molar-refractivity contribution in [2.45, 2.75) is 11.4 Å². The molecule has 1 unspecified atom stereocenters. The quantitative estimate of drug-likeness (QED) is 0.388. The van der Waals surface area contributed by atoms with Gasteiger partial charge in [-0.2, -0.15) is 0 Å². The summed E-state index contributed by atoms with van der Waals surface area (Å²) in [5, 5.41) is 5.12. The van der Waals surface area contributed by atoms with Crippen molar-refractivity contribution in [2.24, 2.45) is 0 Å². The van der Waals surface area contributed by atoms with E-state index in [1.807, 2.05) is 28.6 Å². The minimum Gasteiger partial charge on any atom is -0.457 e. The fraction of sp³-hybridized carbons (Fsp3) is 0.100. The summed E-state index contributed by atoms with van der Waals surface area (Å²) in [5.41, 5.74) is 1.75. The Balaban J connectivity index is 1.51. The van der Waals surface area contributed by atoms with Crippen LogP contribution >= 0.6 is 58.4 Å². The van der Waals surface area contributed by atoms with Crippen LogP contribution in [-0.2, 0) is 6.54 Å². The molecule has 3 nitrogen and oxygen atoms in total.